The fraction of sp³-hybridized carbons (Fsp3) is 0.882. The Labute approximate surface area is 147 Å². The maximum absolute atomic E-state index is 11.7. The van der Waals surface area contributed by atoms with Crippen LogP contribution in [0.15, 0.2) is 0 Å². The number of rotatable bonds is 12. The van der Waals surface area contributed by atoms with Gasteiger partial charge in [-0.3, -0.25) is 4.79 Å². The smallest absolute Gasteiger partial charge is 0.329 e. The molecule has 6 heteroatoms. The molecule has 0 saturated heterocycles. The van der Waals surface area contributed by atoms with Gasteiger partial charge < -0.3 is 15.8 Å². The Morgan fingerprint density at radius 2 is 1.52 bits per heavy atom. The summed E-state index contributed by atoms with van der Waals surface area (Å²) in [5.41, 5.74) is 3.49. The van der Waals surface area contributed by atoms with E-state index < -0.39 is 12.0 Å². The highest BCUT2D eigenvalue weighted by Crippen LogP contribution is 2.09. The Bertz CT molecular complexity index is 289. The van der Waals surface area contributed by atoms with Crippen molar-refractivity contribution in [2.45, 2.75) is 77.7 Å². The number of esters is 1. The second-order valence-corrected chi connectivity index (χ2v) is 5.92. The second kappa shape index (κ2) is 19.3. The zero-order valence-electron chi connectivity index (χ0n) is 15.2. The fourth-order valence-corrected chi connectivity index (χ4v) is 2.25. The normalized spacial score (nSPS) is 11.2. The largest absolute Gasteiger partial charge is 0.467 e. The van der Waals surface area contributed by atoms with Gasteiger partial charge in [-0.25, -0.2) is 4.79 Å². The first-order chi connectivity index (χ1) is 11.1. The summed E-state index contributed by atoms with van der Waals surface area (Å²) in [7, 11) is 1.31. The molecule has 4 N–H and O–H groups in total. The van der Waals surface area contributed by atoms with Crippen LogP contribution in [0.3, 0.4) is 0 Å². The molecule has 0 aromatic heterocycles. The molecule has 0 saturated carbocycles. The third-order valence-corrected chi connectivity index (χ3v) is 3.63. The number of carbonyl (C=O) groups excluding carboxylic acids is 2. The molecule has 0 aromatic carbocycles. The maximum Gasteiger partial charge on any atom is 0.329 e. The Morgan fingerprint density at radius 3 is 1.96 bits per heavy atom. The Kier molecular flexibility index (Phi) is 20.6. The summed E-state index contributed by atoms with van der Waals surface area (Å²) in [5, 5.41) is 2.65. The van der Waals surface area contributed by atoms with Gasteiger partial charge >= 0.3 is 5.97 Å². The highest BCUT2D eigenvalue weighted by molar-refractivity contribution is 7.80. The van der Waals surface area contributed by atoms with Gasteiger partial charge in [-0.2, -0.15) is 12.6 Å². The molecule has 0 radical (unpaired) electrons. The molecule has 0 aliphatic heterocycles. The first kappa shape index (κ1) is 24.5. The van der Waals surface area contributed by atoms with E-state index >= 15 is 0 Å². The van der Waals surface area contributed by atoms with E-state index in [4.69, 9.17) is 0 Å². The summed E-state index contributed by atoms with van der Waals surface area (Å²) >= 11 is 4.03. The molecule has 1 unspecified atom stereocenters. The third-order valence-electron chi connectivity index (χ3n) is 3.26. The molecule has 0 aliphatic carbocycles. The first-order valence-electron chi connectivity index (χ1n) is 8.84. The maximum atomic E-state index is 11.7. The number of carbonyl (C=O) groups is 2. The van der Waals surface area contributed by atoms with E-state index in [0.29, 0.717) is 6.42 Å². The average Bonchev–Trinajstić information content (AvgIpc) is 2.55. The first-order valence-corrected chi connectivity index (χ1v) is 9.47. The third kappa shape index (κ3) is 17.4. The molecule has 23 heavy (non-hydrogen) atoms. The lowest BCUT2D eigenvalue weighted by atomic mass is 10.1. The van der Waals surface area contributed by atoms with Gasteiger partial charge in [0.2, 0.25) is 5.91 Å². The molecule has 0 bridgehead atoms. The quantitative estimate of drug-likeness (QED) is 0.287. The van der Waals surface area contributed by atoms with Gasteiger partial charge in [-0.05, 0) is 13.3 Å². The molecule has 0 spiro atoms. The summed E-state index contributed by atoms with van der Waals surface area (Å²) in [6.45, 7) is 5.23. The van der Waals surface area contributed by atoms with Gasteiger partial charge in [0.15, 0.2) is 0 Å². The van der Waals surface area contributed by atoms with Crippen molar-refractivity contribution in [3.8, 4) is 0 Å². The van der Waals surface area contributed by atoms with Crippen LogP contribution in [0.4, 0.5) is 0 Å². The van der Waals surface area contributed by atoms with Crippen LogP contribution in [0.1, 0.15) is 71.6 Å². The zero-order valence-corrected chi connectivity index (χ0v) is 16.1. The highest BCUT2D eigenvalue weighted by atomic mass is 32.1. The number of methoxy groups -OCH3 is 1. The standard InChI is InChI=1S/C15H29NO3S.C2H7N/c1-3-4-5-6-7-8-9-10-11-14(17)16-13(12-20)15(18)19-2;1-2-3/h13,20H,3-12H2,1-2H3,(H,16,17);2-3H2,1H3/p+1. The van der Waals surface area contributed by atoms with Crippen LogP contribution in [0, 0.1) is 0 Å². The van der Waals surface area contributed by atoms with Crippen molar-refractivity contribution in [1.29, 1.82) is 0 Å². The molecule has 0 aromatic rings. The van der Waals surface area contributed by atoms with Gasteiger partial charge in [-0.15, -0.1) is 0 Å². The van der Waals surface area contributed by atoms with Crippen molar-refractivity contribution in [2.75, 3.05) is 19.4 Å². The van der Waals surface area contributed by atoms with Gasteiger partial charge in [0, 0.05) is 12.2 Å². The van der Waals surface area contributed by atoms with E-state index in [1.807, 2.05) is 6.92 Å². The molecule has 138 valence electrons. The van der Waals surface area contributed by atoms with Crippen molar-refractivity contribution in [1.82, 2.24) is 5.32 Å². The van der Waals surface area contributed by atoms with Crippen LogP contribution in [-0.2, 0) is 14.3 Å². The zero-order chi connectivity index (χ0) is 17.9. The number of unbranched alkanes of at least 4 members (excludes halogenated alkanes) is 7. The van der Waals surface area contributed by atoms with E-state index in [0.717, 1.165) is 19.4 Å². The molecule has 0 aliphatic rings. The molecule has 0 fully saturated rings. The predicted octanol–water partition coefficient (Wildman–Crippen LogP) is 2.35. The minimum Gasteiger partial charge on any atom is -0.467 e. The minimum absolute atomic E-state index is 0.0968. The number of hydrogen-bond acceptors (Lipinski definition) is 4. The van der Waals surface area contributed by atoms with Crippen molar-refractivity contribution in [2.24, 2.45) is 0 Å². The summed E-state index contributed by atoms with van der Waals surface area (Å²) in [4.78, 5) is 22.9. The number of ether oxygens (including phenoxy) is 1. The van der Waals surface area contributed by atoms with Crippen LogP contribution in [0.5, 0.6) is 0 Å². The molecule has 1 amide bonds. The predicted molar refractivity (Wildman–Crippen MR) is 98.5 cm³/mol. The van der Waals surface area contributed by atoms with Crippen molar-refractivity contribution < 1.29 is 20.1 Å². The number of amides is 1. The Balaban J connectivity index is 0. The molecule has 0 heterocycles. The van der Waals surface area contributed by atoms with E-state index in [1.165, 1.54) is 45.6 Å². The van der Waals surface area contributed by atoms with Crippen LogP contribution >= 0.6 is 12.6 Å². The SMILES string of the molecule is CCCCCCCCCCC(=O)NC(CS)C(=O)OC.CC[NH3+]. The lowest BCUT2D eigenvalue weighted by molar-refractivity contribution is -0.361. The van der Waals surface area contributed by atoms with Gasteiger partial charge in [-0.1, -0.05) is 51.9 Å². The monoisotopic (exact) mass is 349 g/mol. The van der Waals surface area contributed by atoms with Gasteiger partial charge in [0.25, 0.3) is 0 Å². The average molecular weight is 350 g/mol. The number of thiol groups is 1. The molecular weight excluding hydrogens is 312 g/mol. The van der Waals surface area contributed by atoms with E-state index in [-0.39, 0.29) is 11.7 Å². The number of quaternary nitrogens is 1. The van der Waals surface area contributed by atoms with Crippen molar-refractivity contribution >= 4 is 24.5 Å². The van der Waals surface area contributed by atoms with Gasteiger partial charge in [0.1, 0.15) is 6.04 Å². The van der Waals surface area contributed by atoms with E-state index in [1.54, 1.807) is 0 Å². The highest BCUT2D eigenvalue weighted by Gasteiger charge is 2.19. The number of hydrogen-bond donors (Lipinski definition) is 3. The lowest BCUT2D eigenvalue weighted by Gasteiger charge is -2.13. The molecule has 5 nitrogen and oxygen atoms in total. The Hall–Kier alpha value is -0.750. The van der Waals surface area contributed by atoms with Crippen LogP contribution in [-0.4, -0.2) is 37.3 Å². The minimum atomic E-state index is -0.634. The summed E-state index contributed by atoms with van der Waals surface area (Å²) in [5.74, 6) is -0.278. The van der Waals surface area contributed by atoms with E-state index in [2.05, 4.69) is 35.3 Å². The number of nitrogens with one attached hydrogen (secondary N) is 1. The van der Waals surface area contributed by atoms with Crippen LogP contribution in [0.2, 0.25) is 0 Å². The van der Waals surface area contributed by atoms with E-state index in [9.17, 15) is 9.59 Å². The molecular formula is C17H37N2O3S+. The van der Waals surface area contributed by atoms with Crippen LogP contribution < -0.4 is 11.1 Å². The lowest BCUT2D eigenvalue weighted by Crippen LogP contribution is -2.48. The fourth-order valence-electron chi connectivity index (χ4n) is 2.01. The van der Waals surface area contributed by atoms with Crippen LogP contribution in [0.25, 0.3) is 0 Å². The topological polar surface area (TPSA) is 83.0 Å². The van der Waals surface area contributed by atoms with Crippen molar-refractivity contribution in [3.63, 3.8) is 0 Å². The molecule has 1 atom stereocenters. The summed E-state index contributed by atoms with van der Waals surface area (Å²) < 4.78 is 4.59. The summed E-state index contributed by atoms with van der Waals surface area (Å²) in [6.07, 6.45) is 10.1. The Morgan fingerprint density at radius 1 is 1.04 bits per heavy atom. The second-order valence-electron chi connectivity index (χ2n) is 5.55. The summed E-state index contributed by atoms with van der Waals surface area (Å²) in [6, 6.07) is -0.634. The van der Waals surface area contributed by atoms with Crippen molar-refractivity contribution in [3.05, 3.63) is 0 Å². The van der Waals surface area contributed by atoms with Gasteiger partial charge in [0.05, 0.1) is 13.7 Å². The molecule has 0 rings (SSSR count).